The standard InChI is InChI=1S/C21H20F3N3O2/c1-15-11-19(27(26-15)12-16-5-3-2-4-6-16)25-20(28)18-9-7-17(8-10-18)13-29-14-21(22,23)24/h2-11H,12-14H2,1H3,(H,25,28). The second kappa shape index (κ2) is 8.91. The van der Waals surface area contributed by atoms with Crippen molar-refractivity contribution in [2.75, 3.05) is 11.9 Å². The van der Waals surface area contributed by atoms with Crippen molar-refractivity contribution in [1.82, 2.24) is 9.78 Å². The van der Waals surface area contributed by atoms with E-state index in [-0.39, 0.29) is 12.5 Å². The number of alkyl halides is 3. The van der Waals surface area contributed by atoms with Gasteiger partial charge in [-0.3, -0.25) is 4.79 Å². The molecule has 1 aromatic heterocycles. The van der Waals surface area contributed by atoms with Crippen LogP contribution in [0.2, 0.25) is 0 Å². The van der Waals surface area contributed by atoms with Gasteiger partial charge in [0, 0.05) is 11.6 Å². The van der Waals surface area contributed by atoms with Gasteiger partial charge in [-0.15, -0.1) is 0 Å². The van der Waals surface area contributed by atoms with Gasteiger partial charge in [-0.05, 0) is 30.2 Å². The van der Waals surface area contributed by atoms with Crippen molar-refractivity contribution < 1.29 is 22.7 Å². The van der Waals surface area contributed by atoms with Crippen LogP contribution in [0, 0.1) is 6.92 Å². The Labute approximate surface area is 166 Å². The van der Waals surface area contributed by atoms with E-state index in [9.17, 15) is 18.0 Å². The highest BCUT2D eigenvalue weighted by Gasteiger charge is 2.27. The largest absolute Gasteiger partial charge is 0.411 e. The maximum Gasteiger partial charge on any atom is 0.411 e. The summed E-state index contributed by atoms with van der Waals surface area (Å²) in [5.41, 5.74) is 2.76. The number of hydrogen-bond donors (Lipinski definition) is 1. The van der Waals surface area contributed by atoms with Crippen molar-refractivity contribution in [3.8, 4) is 0 Å². The summed E-state index contributed by atoms with van der Waals surface area (Å²) in [6.45, 7) is 0.872. The smallest absolute Gasteiger partial charge is 0.367 e. The number of aromatic nitrogens is 2. The van der Waals surface area contributed by atoms with Crippen molar-refractivity contribution in [3.05, 3.63) is 83.0 Å². The van der Waals surface area contributed by atoms with Crippen LogP contribution in [0.3, 0.4) is 0 Å². The lowest BCUT2D eigenvalue weighted by Gasteiger charge is -2.10. The average molecular weight is 403 g/mol. The molecule has 0 bridgehead atoms. The summed E-state index contributed by atoms with van der Waals surface area (Å²) in [7, 11) is 0. The van der Waals surface area contributed by atoms with Crippen LogP contribution in [0.4, 0.5) is 19.0 Å². The Morgan fingerprint density at radius 3 is 2.41 bits per heavy atom. The van der Waals surface area contributed by atoms with E-state index in [1.165, 1.54) is 0 Å². The Kier molecular flexibility index (Phi) is 6.33. The number of ether oxygens (including phenoxy) is 1. The van der Waals surface area contributed by atoms with E-state index in [2.05, 4.69) is 15.2 Å². The molecule has 0 fully saturated rings. The molecular formula is C21H20F3N3O2. The Morgan fingerprint density at radius 2 is 1.76 bits per heavy atom. The number of amides is 1. The second-order valence-electron chi connectivity index (χ2n) is 6.57. The fraction of sp³-hybridized carbons (Fsp3) is 0.238. The van der Waals surface area contributed by atoms with Crippen molar-refractivity contribution in [2.24, 2.45) is 0 Å². The lowest BCUT2D eigenvalue weighted by atomic mass is 10.1. The molecule has 8 heteroatoms. The van der Waals surface area contributed by atoms with Gasteiger partial charge in [-0.2, -0.15) is 18.3 Å². The number of carbonyl (C=O) groups excluding carboxylic acids is 1. The molecular weight excluding hydrogens is 383 g/mol. The number of carbonyl (C=O) groups is 1. The highest BCUT2D eigenvalue weighted by molar-refractivity contribution is 6.03. The van der Waals surface area contributed by atoms with E-state index in [1.54, 1.807) is 35.0 Å². The zero-order valence-corrected chi connectivity index (χ0v) is 15.7. The maximum absolute atomic E-state index is 12.6. The molecule has 0 unspecified atom stereocenters. The number of anilines is 1. The highest BCUT2D eigenvalue weighted by Crippen LogP contribution is 2.17. The Bertz CT molecular complexity index is 952. The molecule has 5 nitrogen and oxygen atoms in total. The molecule has 3 aromatic rings. The molecule has 0 aliphatic rings. The van der Waals surface area contributed by atoms with Crippen molar-refractivity contribution in [3.63, 3.8) is 0 Å². The lowest BCUT2D eigenvalue weighted by Crippen LogP contribution is -2.17. The minimum Gasteiger partial charge on any atom is -0.367 e. The molecule has 3 rings (SSSR count). The van der Waals surface area contributed by atoms with E-state index < -0.39 is 12.8 Å². The second-order valence-corrected chi connectivity index (χ2v) is 6.57. The third kappa shape index (κ3) is 6.18. The maximum atomic E-state index is 12.6. The fourth-order valence-corrected chi connectivity index (χ4v) is 2.75. The van der Waals surface area contributed by atoms with E-state index in [0.29, 0.717) is 23.5 Å². The molecule has 152 valence electrons. The van der Waals surface area contributed by atoms with Gasteiger partial charge in [0.2, 0.25) is 0 Å². The van der Waals surface area contributed by atoms with Crippen LogP contribution in [0.15, 0.2) is 60.7 Å². The van der Waals surface area contributed by atoms with Gasteiger partial charge in [0.25, 0.3) is 5.91 Å². The van der Waals surface area contributed by atoms with Gasteiger partial charge in [-0.25, -0.2) is 4.68 Å². The van der Waals surface area contributed by atoms with Crippen LogP contribution in [0.5, 0.6) is 0 Å². The molecule has 0 saturated carbocycles. The quantitative estimate of drug-likeness (QED) is 0.629. The molecule has 1 amide bonds. The summed E-state index contributed by atoms with van der Waals surface area (Å²) < 4.78 is 42.7. The molecule has 0 atom stereocenters. The number of halogens is 3. The third-order valence-corrected chi connectivity index (χ3v) is 4.07. The highest BCUT2D eigenvalue weighted by atomic mass is 19.4. The van der Waals surface area contributed by atoms with Crippen LogP contribution in [0.25, 0.3) is 0 Å². The molecule has 1 heterocycles. The fourth-order valence-electron chi connectivity index (χ4n) is 2.75. The number of nitrogens with one attached hydrogen (secondary N) is 1. The topological polar surface area (TPSA) is 56.1 Å². The van der Waals surface area contributed by atoms with E-state index >= 15 is 0 Å². The van der Waals surface area contributed by atoms with Gasteiger partial charge in [0.05, 0.1) is 18.8 Å². The average Bonchev–Trinajstić information content (AvgIpc) is 3.01. The molecule has 0 radical (unpaired) electrons. The van der Waals surface area contributed by atoms with E-state index in [1.807, 2.05) is 37.3 Å². The number of aryl methyl sites for hydroxylation is 1. The summed E-state index contributed by atoms with van der Waals surface area (Å²) in [6.07, 6.45) is -4.36. The number of rotatable bonds is 7. The zero-order valence-electron chi connectivity index (χ0n) is 15.7. The Hall–Kier alpha value is -3.13. The first-order valence-electron chi connectivity index (χ1n) is 8.93. The van der Waals surface area contributed by atoms with Crippen molar-refractivity contribution in [2.45, 2.75) is 26.3 Å². The molecule has 0 spiro atoms. The summed E-state index contributed by atoms with van der Waals surface area (Å²) in [4.78, 5) is 12.6. The molecule has 0 aliphatic heterocycles. The van der Waals surface area contributed by atoms with Gasteiger partial charge in [0.15, 0.2) is 0 Å². The number of benzene rings is 2. The van der Waals surface area contributed by atoms with Crippen LogP contribution >= 0.6 is 0 Å². The predicted molar refractivity (Wildman–Crippen MR) is 103 cm³/mol. The predicted octanol–water partition coefficient (Wildman–Crippen LogP) is 4.57. The number of hydrogen-bond acceptors (Lipinski definition) is 3. The minimum absolute atomic E-state index is 0.176. The normalized spacial score (nSPS) is 11.4. The van der Waals surface area contributed by atoms with Crippen LogP contribution < -0.4 is 5.32 Å². The molecule has 0 aliphatic carbocycles. The zero-order chi connectivity index (χ0) is 20.9. The van der Waals surface area contributed by atoms with Crippen molar-refractivity contribution >= 4 is 11.7 Å². The first-order chi connectivity index (χ1) is 13.8. The van der Waals surface area contributed by atoms with Gasteiger partial charge in [0.1, 0.15) is 12.4 Å². The molecule has 2 aromatic carbocycles. The summed E-state index contributed by atoms with van der Waals surface area (Å²) in [6, 6.07) is 17.8. The SMILES string of the molecule is Cc1cc(NC(=O)c2ccc(COCC(F)(F)F)cc2)n(Cc2ccccc2)n1. The van der Waals surface area contributed by atoms with Crippen LogP contribution in [-0.4, -0.2) is 28.5 Å². The first-order valence-corrected chi connectivity index (χ1v) is 8.93. The van der Waals surface area contributed by atoms with Gasteiger partial charge in [-0.1, -0.05) is 42.5 Å². The third-order valence-electron chi connectivity index (χ3n) is 4.07. The summed E-state index contributed by atoms with van der Waals surface area (Å²) in [5.74, 6) is 0.232. The summed E-state index contributed by atoms with van der Waals surface area (Å²) >= 11 is 0. The van der Waals surface area contributed by atoms with Gasteiger partial charge >= 0.3 is 6.18 Å². The summed E-state index contributed by atoms with van der Waals surface area (Å²) in [5, 5.41) is 7.25. The number of nitrogens with zero attached hydrogens (tertiary/aromatic N) is 2. The van der Waals surface area contributed by atoms with Crippen molar-refractivity contribution in [1.29, 1.82) is 0 Å². The van der Waals surface area contributed by atoms with Crippen LogP contribution in [-0.2, 0) is 17.9 Å². The lowest BCUT2D eigenvalue weighted by molar-refractivity contribution is -0.176. The molecule has 0 saturated heterocycles. The monoisotopic (exact) mass is 403 g/mol. The molecule has 1 N–H and O–H groups in total. The first kappa shape index (κ1) is 20.6. The van der Waals surface area contributed by atoms with Crippen LogP contribution in [0.1, 0.15) is 27.2 Å². The van der Waals surface area contributed by atoms with E-state index in [0.717, 1.165) is 11.3 Å². The van der Waals surface area contributed by atoms with Gasteiger partial charge < -0.3 is 10.1 Å². The van der Waals surface area contributed by atoms with E-state index in [4.69, 9.17) is 0 Å². The molecule has 29 heavy (non-hydrogen) atoms. The minimum atomic E-state index is -4.36. The Morgan fingerprint density at radius 1 is 1.07 bits per heavy atom. The Balaban J connectivity index is 1.63.